The SMILES string of the molecule is Cl.N[C@@H]1CCCN(C(=O)Cc2ccccc2Cl)C1. The normalized spacial score (nSPS) is 19.2. The van der Waals surface area contributed by atoms with E-state index < -0.39 is 0 Å². The Kier molecular flexibility index (Phi) is 5.93. The van der Waals surface area contributed by atoms with Crippen LogP contribution < -0.4 is 5.73 Å². The molecule has 5 heteroatoms. The molecule has 1 aromatic carbocycles. The van der Waals surface area contributed by atoms with Gasteiger partial charge in [-0.3, -0.25) is 4.79 Å². The van der Waals surface area contributed by atoms with Gasteiger partial charge in [-0.25, -0.2) is 0 Å². The standard InChI is InChI=1S/C13H17ClN2O.ClH/c14-12-6-2-1-4-10(12)8-13(17)16-7-3-5-11(15)9-16;/h1-2,4,6,11H,3,5,7-9,15H2;1H/t11-;/m1./s1. The van der Waals surface area contributed by atoms with Crippen molar-refractivity contribution in [3.8, 4) is 0 Å². The van der Waals surface area contributed by atoms with Crippen LogP contribution in [0.5, 0.6) is 0 Å². The van der Waals surface area contributed by atoms with Crippen molar-refractivity contribution in [3.63, 3.8) is 0 Å². The molecular formula is C13H18Cl2N2O. The van der Waals surface area contributed by atoms with Crippen LogP contribution in [-0.4, -0.2) is 29.9 Å². The lowest BCUT2D eigenvalue weighted by Crippen LogP contribution is -2.46. The van der Waals surface area contributed by atoms with Crippen molar-refractivity contribution in [3.05, 3.63) is 34.9 Å². The Labute approximate surface area is 119 Å². The predicted octanol–water partition coefficient (Wildman–Crippen LogP) is 2.25. The van der Waals surface area contributed by atoms with E-state index in [-0.39, 0.29) is 24.4 Å². The zero-order chi connectivity index (χ0) is 12.3. The van der Waals surface area contributed by atoms with E-state index in [1.165, 1.54) is 0 Å². The lowest BCUT2D eigenvalue weighted by atomic mass is 10.1. The number of piperidine rings is 1. The summed E-state index contributed by atoms with van der Waals surface area (Å²) in [7, 11) is 0. The highest BCUT2D eigenvalue weighted by molar-refractivity contribution is 6.31. The highest BCUT2D eigenvalue weighted by Gasteiger charge is 2.21. The minimum absolute atomic E-state index is 0. The van der Waals surface area contributed by atoms with Gasteiger partial charge in [0, 0.05) is 24.2 Å². The third-order valence-electron chi connectivity index (χ3n) is 3.11. The molecule has 3 nitrogen and oxygen atoms in total. The van der Waals surface area contributed by atoms with Crippen LogP contribution in [0.25, 0.3) is 0 Å². The number of hydrogen-bond donors (Lipinski definition) is 1. The highest BCUT2D eigenvalue weighted by Crippen LogP contribution is 2.17. The molecule has 100 valence electrons. The summed E-state index contributed by atoms with van der Waals surface area (Å²) in [5, 5.41) is 0.655. The summed E-state index contributed by atoms with van der Waals surface area (Å²) < 4.78 is 0. The number of carbonyl (C=O) groups excluding carboxylic acids is 1. The van der Waals surface area contributed by atoms with Crippen LogP contribution in [0.1, 0.15) is 18.4 Å². The molecule has 0 radical (unpaired) electrons. The van der Waals surface area contributed by atoms with Crippen molar-refractivity contribution >= 4 is 29.9 Å². The van der Waals surface area contributed by atoms with E-state index in [0.717, 1.165) is 24.9 Å². The van der Waals surface area contributed by atoms with Gasteiger partial charge in [0.15, 0.2) is 0 Å². The average molecular weight is 289 g/mol. The molecule has 0 unspecified atom stereocenters. The molecule has 2 rings (SSSR count). The Morgan fingerprint density at radius 1 is 1.44 bits per heavy atom. The molecule has 0 aromatic heterocycles. The third-order valence-corrected chi connectivity index (χ3v) is 3.48. The fourth-order valence-corrected chi connectivity index (χ4v) is 2.36. The second kappa shape index (κ2) is 6.98. The summed E-state index contributed by atoms with van der Waals surface area (Å²) in [6.07, 6.45) is 2.37. The molecule has 0 aliphatic carbocycles. The number of likely N-dealkylation sites (tertiary alicyclic amines) is 1. The van der Waals surface area contributed by atoms with Gasteiger partial charge >= 0.3 is 0 Å². The van der Waals surface area contributed by atoms with Crippen LogP contribution in [0.4, 0.5) is 0 Å². The van der Waals surface area contributed by atoms with Gasteiger partial charge in [0.1, 0.15) is 0 Å². The van der Waals surface area contributed by atoms with E-state index in [4.69, 9.17) is 17.3 Å². The molecule has 0 bridgehead atoms. The van der Waals surface area contributed by atoms with Crippen molar-refractivity contribution in [2.45, 2.75) is 25.3 Å². The van der Waals surface area contributed by atoms with E-state index in [9.17, 15) is 4.79 Å². The molecule has 1 heterocycles. The molecule has 18 heavy (non-hydrogen) atoms. The number of hydrogen-bond acceptors (Lipinski definition) is 2. The van der Waals surface area contributed by atoms with Gasteiger partial charge < -0.3 is 10.6 Å². The van der Waals surface area contributed by atoms with E-state index >= 15 is 0 Å². The van der Waals surface area contributed by atoms with Gasteiger partial charge in [-0.1, -0.05) is 29.8 Å². The molecule has 1 fully saturated rings. The maximum absolute atomic E-state index is 12.1. The van der Waals surface area contributed by atoms with Crippen LogP contribution in [0.3, 0.4) is 0 Å². The van der Waals surface area contributed by atoms with Crippen LogP contribution >= 0.6 is 24.0 Å². The largest absolute Gasteiger partial charge is 0.341 e. The smallest absolute Gasteiger partial charge is 0.227 e. The molecule has 1 aliphatic rings. The first kappa shape index (κ1) is 15.3. The summed E-state index contributed by atoms with van der Waals surface area (Å²) in [4.78, 5) is 13.9. The third kappa shape index (κ3) is 3.87. The first-order chi connectivity index (χ1) is 8.16. The fraction of sp³-hybridized carbons (Fsp3) is 0.462. The van der Waals surface area contributed by atoms with Crippen LogP contribution in [0.15, 0.2) is 24.3 Å². The zero-order valence-electron chi connectivity index (χ0n) is 10.1. The lowest BCUT2D eigenvalue weighted by molar-refractivity contribution is -0.131. The van der Waals surface area contributed by atoms with Gasteiger partial charge in [0.05, 0.1) is 6.42 Å². The van der Waals surface area contributed by atoms with Gasteiger partial charge in [-0.2, -0.15) is 0 Å². The minimum atomic E-state index is 0. The molecule has 0 spiro atoms. The van der Waals surface area contributed by atoms with E-state index in [2.05, 4.69) is 0 Å². The monoisotopic (exact) mass is 288 g/mol. The predicted molar refractivity (Wildman–Crippen MR) is 76.2 cm³/mol. The Morgan fingerprint density at radius 3 is 2.83 bits per heavy atom. The fourth-order valence-electron chi connectivity index (χ4n) is 2.15. The molecule has 0 saturated carbocycles. The van der Waals surface area contributed by atoms with Gasteiger partial charge in [0.2, 0.25) is 5.91 Å². The molecule has 1 amide bonds. The number of carbonyl (C=O) groups is 1. The van der Waals surface area contributed by atoms with E-state index in [1.807, 2.05) is 29.2 Å². The number of nitrogens with zero attached hydrogens (tertiary/aromatic N) is 1. The number of amides is 1. The molecule has 1 saturated heterocycles. The summed E-state index contributed by atoms with van der Waals surface area (Å²) in [5.41, 5.74) is 6.75. The number of nitrogens with two attached hydrogens (primary N) is 1. The molecule has 1 aliphatic heterocycles. The Balaban J connectivity index is 0.00000162. The van der Waals surface area contributed by atoms with Gasteiger partial charge in [-0.05, 0) is 24.5 Å². The minimum Gasteiger partial charge on any atom is -0.341 e. The van der Waals surface area contributed by atoms with Crippen LogP contribution in [-0.2, 0) is 11.2 Å². The van der Waals surface area contributed by atoms with Crippen molar-refractivity contribution in [2.24, 2.45) is 5.73 Å². The maximum Gasteiger partial charge on any atom is 0.227 e. The summed E-state index contributed by atoms with van der Waals surface area (Å²) in [6, 6.07) is 7.60. The maximum atomic E-state index is 12.1. The first-order valence-electron chi connectivity index (χ1n) is 5.93. The van der Waals surface area contributed by atoms with Crippen LogP contribution in [0.2, 0.25) is 5.02 Å². The van der Waals surface area contributed by atoms with E-state index in [0.29, 0.717) is 18.0 Å². The summed E-state index contributed by atoms with van der Waals surface area (Å²) in [6.45, 7) is 1.49. The molecule has 1 aromatic rings. The number of benzene rings is 1. The van der Waals surface area contributed by atoms with E-state index in [1.54, 1.807) is 0 Å². The van der Waals surface area contributed by atoms with Crippen molar-refractivity contribution in [2.75, 3.05) is 13.1 Å². The highest BCUT2D eigenvalue weighted by atomic mass is 35.5. The van der Waals surface area contributed by atoms with Crippen molar-refractivity contribution in [1.29, 1.82) is 0 Å². The van der Waals surface area contributed by atoms with Gasteiger partial charge in [-0.15, -0.1) is 12.4 Å². The average Bonchev–Trinajstić information content (AvgIpc) is 2.32. The second-order valence-corrected chi connectivity index (χ2v) is 4.92. The second-order valence-electron chi connectivity index (χ2n) is 4.51. The van der Waals surface area contributed by atoms with Crippen molar-refractivity contribution in [1.82, 2.24) is 4.90 Å². The first-order valence-corrected chi connectivity index (χ1v) is 6.31. The Bertz CT molecular complexity index is 412. The van der Waals surface area contributed by atoms with Crippen molar-refractivity contribution < 1.29 is 4.79 Å². The Hall–Kier alpha value is -0.770. The summed E-state index contributed by atoms with van der Waals surface area (Å²) >= 11 is 6.04. The lowest BCUT2D eigenvalue weighted by Gasteiger charge is -2.30. The quantitative estimate of drug-likeness (QED) is 0.907. The molecule has 2 N–H and O–H groups in total. The van der Waals surface area contributed by atoms with Gasteiger partial charge in [0.25, 0.3) is 0 Å². The number of rotatable bonds is 2. The zero-order valence-corrected chi connectivity index (χ0v) is 11.7. The van der Waals surface area contributed by atoms with Crippen LogP contribution in [0, 0.1) is 0 Å². The molecular weight excluding hydrogens is 271 g/mol. The summed E-state index contributed by atoms with van der Waals surface area (Å²) in [5.74, 6) is 0.119. The number of halogens is 2. The molecule has 1 atom stereocenters. The topological polar surface area (TPSA) is 46.3 Å². The Morgan fingerprint density at radius 2 is 2.17 bits per heavy atom.